The number of halogens is 1. The Morgan fingerprint density at radius 3 is 2.59 bits per heavy atom. The van der Waals surface area contributed by atoms with Gasteiger partial charge in [-0.1, -0.05) is 6.07 Å². The summed E-state index contributed by atoms with van der Waals surface area (Å²) in [6.07, 6.45) is 0. The van der Waals surface area contributed by atoms with Crippen LogP contribution in [0.4, 0.5) is 14.9 Å². The van der Waals surface area contributed by atoms with E-state index in [4.69, 9.17) is 5.73 Å². The number of hydrogen-bond acceptors (Lipinski definition) is 3. The highest BCUT2D eigenvalue weighted by molar-refractivity contribution is 5.97. The number of urea groups is 1. The van der Waals surface area contributed by atoms with Gasteiger partial charge in [0.15, 0.2) is 0 Å². The molecule has 1 atom stereocenters. The zero-order valence-corrected chi connectivity index (χ0v) is 9.58. The van der Waals surface area contributed by atoms with Crippen LogP contribution in [0, 0.1) is 12.7 Å². The van der Waals surface area contributed by atoms with Gasteiger partial charge in [-0.05, 0) is 31.5 Å². The molecule has 1 aromatic rings. The van der Waals surface area contributed by atoms with E-state index in [0.29, 0.717) is 11.3 Å². The molecule has 0 spiro atoms. The van der Waals surface area contributed by atoms with Crippen molar-refractivity contribution in [2.45, 2.75) is 19.9 Å². The monoisotopic (exact) mass is 239 g/mol. The molecule has 0 aliphatic carbocycles. The van der Waals surface area contributed by atoms with Gasteiger partial charge in [0.1, 0.15) is 11.9 Å². The zero-order chi connectivity index (χ0) is 13.0. The molecule has 0 bridgehead atoms. The molecule has 0 aliphatic heterocycles. The van der Waals surface area contributed by atoms with Crippen LogP contribution in [0.5, 0.6) is 0 Å². The second kappa shape index (κ2) is 5.29. The first kappa shape index (κ1) is 13.0. The third kappa shape index (κ3) is 3.75. The summed E-state index contributed by atoms with van der Waals surface area (Å²) in [5, 5.41) is 4.69. The third-order valence-corrected chi connectivity index (χ3v) is 2.19. The summed E-state index contributed by atoms with van der Waals surface area (Å²) in [5.41, 5.74) is 5.79. The maximum absolute atomic E-state index is 13.2. The van der Waals surface area contributed by atoms with E-state index in [-0.39, 0.29) is 5.82 Å². The highest BCUT2D eigenvalue weighted by Crippen LogP contribution is 2.14. The molecule has 0 aliphatic rings. The molecule has 0 fully saturated rings. The van der Waals surface area contributed by atoms with Gasteiger partial charge in [-0.15, -0.1) is 0 Å². The number of primary amides is 1. The van der Waals surface area contributed by atoms with Crippen LogP contribution in [0.3, 0.4) is 0 Å². The Morgan fingerprint density at radius 1 is 1.41 bits per heavy atom. The fourth-order valence-corrected chi connectivity index (χ4v) is 1.23. The molecular formula is C11H14FN3O2. The summed E-state index contributed by atoms with van der Waals surface area (Å²) < 4.78 is 13.2. The van der Waals surface area contributed by atoms with Crippen molar-refractivity contribution in [3.8, 4) is 0 Å². The normalized spacial score (nSPS) is 11.7. The van der Waals surface area contributed by atoms with Crippen molar-refractivity contribution in [1.29, 1.82) is 0 Å². The van der Waals surface area contributed by atoms with Gasteiger partial charge in [-0.25, -0.2) is 9.18 Å². The molecule has 92 valence electrons. The molecule has 6 heteroatoms. The van der Waals surface area contributed by atoms with Crippen molar-refractivity contribution < 1.29 is 14.0 Å². The van der Waals surface area contributed by atoms with Crippen molar-refractivity contribution >= 4 is 17.6 Å². The van der Waals surface area contributed by atoms with Gasteiger partial charge in [0.2, 0.25) is 5.91 Å². The van der Waals surface area contributed by atoms with Gasteiger partial charge in [0, 0.05) is 5.69 Å². The molecule has 3 amide bonds. The Morgan fingerprint density at radius 2 is 2.06 bits per heavy atom. The average molecular weight is 239 g/mol. The summed E-state index contributed by atoms with van der Waals surface area (Å²) in [4.78, 5) is 21.8. The van der Waals surface area contributed by atoms with Crippen LogP contribution < -0.4 is 16.4 Å². The van der Waals surface area contributed by atoms with Crippen LogP contribution in [0.2, 0.25) is 0 Å². The van der Waals surface area contributed by atoms with E-state index in [1.807, 2.05) is 5.32 Å². The van der Waals surface area contributed by atoms with Gasteiger partial charge in [0.05, 0.1) is 0 Å². The van der Waals surface area contributed by atoms with Crippen LogP contribution in [0.1, 0.15) is 12.5 Å². The van der Waals surface area contributed by atoms with Crippen molar-refractivity contribution in [2.24, 2.45) is 5.73 Å². The zero-order valence-electron chi connectivity index (χ0n) is 9.58. The van der Waals surface area contributed by atoms with Crippen molar-refractivity contribution in [3.63, 3.8) is 0 Å². The summed E-state index contributed by atoms with van der Waals surface area (Å²) in [6, 6.07) is 2.91. The molecule has 4 N–H and O–H groups in total. The molecule has 1 aromatic carbocycles. The van der Waals surface area contributed by atoms with E-state index >= 15 is 0 Å². The first-order valence-corrected chi connectivity index (χ1v) is 5.03. The second-order valence-corrected chi connectivity index (χ2v) is 3.68. The van der Waals surface area contributed by atoms with Crippen LogP contribution in [-0.2, 0) is 4.79 Å². The van der Waals surface area contributed by atoms with E-state index in [9.17, 15) is 14.0 Å². The lowest BCUT2D eigenvalue weighted by Crippen LogP contribution is -2.43. The molecule has 1 rings (SSSR count). The summed E-state index contributed by atoms with van der Waals surface area (Å²) in [7, 11) is 0. The Hall–Kier alpha value is -2.11. The number of carbonyl (C=O) groups excluding carboxylic acids is 2. The topological polar surface area (TPSA) is 84.2 Å². The Labute approximate surface area is 98.2 Å². The predicted octanol–water partition coefficient (Wildman–Crippen LogP) is 1.13. The van der Waals surface area contributed by atoms with E-state index in [1.165, 1.54) is 13.0 Å². The lowest BCUT2D eigenvalue weighted by molar-refractivity contribution is -0.120. The minimum Gasteiger partial charge on any atom is -0.374 e. The molecule has 0 saturated carbocycles. The van der Waals surface area contributed by atoms with Gasteiger partial charge >= 0.3 is 6.03 Å². The SMILES string of the molecule is Cc1ccc(NC(C)C(=O)NC(N)=O)cc1F. The van der Waals surface area contributed by atoms with Crippen molar-refractivity contribution in [1.82, 2.24) is 5.32 Å². The Bertz CT molecular complexity index is 448. The minimum atomic E-state index is -0.918. The number of nitrogens with two attached hydrogens (primary N) is 1. The number of rotatable bonds is 3. The van der Waals surface area contributed by atoms with E-state index in [2.05, 4.69) is 5.32 Å². The molecule has 5 nitrogen and oxygen atoms in total. The van der Waals surface area contributed by atoms with Gasteiger partial charge in [-0.2, -0.15) is 0 Å². The largest absolute Gasteiger partial charge is 0.374 e. The van der Waals surface area contributed by atoms with Gasteiger partial charge in [0.25, 0.3) is 0 Å². The summed E-state index contributed by atoms with van der Waals surface area (Å²) in [5.74, 6) is -0.934. The Kier molecular flexibility index (Phi) is 4.03. The maximum atomic E-state index is 13.2. The molecule has 0 radical (unpaired) electrons. The Balaban J connectivity index is 2.67. The molecular weight excluding hydrogens is 225 g/mol. The summed E-state index contributed by atoms with van der Waals surface area (Å²) >= 11 is 0. The smallest absolute Gasteiger partial charge is 0.318 e. The number of aryl methyl sites for hydroxylation is 1. The molecule has 0 aromatic heterocycles. The van der Waals surface area contributed by atoms with Crippen LogP contribution >= 0.6 is 0 Å². The number of imide groups is 1. The minimum absolute atomic E-state index is 0.363. The molecule has 17 heavy (non-hydrogen) atoms. The van der Waals surface area contributed by atoms with Gasteiger partial charge in [-0.3, -0.25) is 10.1 Å². The number of hydrogen-bond donors (Lipinski definition) is 3. The maximum Gasteiger partial charge on any atom is 0.318 e. The predicted molar refractivity (Wildman–Crippen MR) is 61.9 cm³/mol. The number of carbonyl (C=O) groups is 2. The fraction of sp³-hybridized carbons (Fsp3) is 0.273. The first-order valence-electron chi connectivity index (χ1n) is 5.03. The lowest BCUT2D eigenvalue weighted by atomic mass is 10.2. The average Bonchev–Trinajstić information content (AvgIpc) is 2.22. The second-order valence-electron chi connectivity index (χ2n) is 3.68. The van der Waals surface area contributed by atoms with Crippen molar-refractivity contribution in [3.05, 3.63) is 29.6 Å². The molecule has 0 saturated heterocycles. The number of benzene rings is 1. The lowest BCUT2D eigenvalue weighted by Gasteiger charge is -2.14. The highest BCUT2D eigenvalue weighted by Gasteiger charge is 2.14. The number of amides is 3. The van der Waals surface area contributed by atoms with Crippen molar-refractivity contribution in [2.75, 3.05) is 5.32 Å². The third-order valence-electron chi connectivity index (χ3n) is 2.19. The standard InChI is InChI=1S/C11H14FN3O2/c1-6-3-4-8(5-9(6)12)14-7(2)10(16)15-11(13)17/h3-5,7,14H,1-2H3,(H3,13,15,16,17). The van der Waals surface area contributed by atoms with E-state index in [1.54, 1.807) is 19.1 Å². The highest BCUT2D eigenvalue weighted by atomic mass is 19.1. The van der Waals surface area contributed by atoms with E-state index < -0.39 is 18.0 Å². The van der Waals surface area contributed by atoms with Crippen LogP contribution in [0.15, 0.2) is 18.2 Å². The van der Waals surface area contributed by atoms with Crippen LogP contribution in [-0.4, -0.2) is 18.0 Å². The fourth-order valence-electron chi connectivity index (χ4n) is 1.23. The summed E-state index contributed by atoms with van der Waals surface area (Å²) in [6.45, 7) is 3.18. The number of nitrogens with one attached hydrogen (secondary N) is 2. The quantitative estimate of drug-likeness (QED) is 0.739. The van der Waals surface area contributed by atoms with Crippen LogP contribution in [0.25, 0.3) is 0 Å². The molecule has 1 unspecified atom stereocenters. The number of anilines is 1. The molecule has 0 heterocycles. The first-order chi connectivity index (χ1) is 7.90. The van der Waals surface area contributed by atoms with Gasteiger partial charge < -0.3 is 11.1 Å². The van der Waals surface area contributed by atoms with E-state index in [0.717, 1.165) is 0 Å².